The summed E-state index contributed by atoms with van der Waals surface area (Å²) < 4.78 is 5.39. The van der Waals surface area contributed by atoms with E-state index >= 15 is 0 Å². The smallest absolute Gasteiger partial charge is 1.00 e. The molecule has 0 N–H and O–H groups in total. The van der Waals surface area contributed by atoms with Crippen molar-refractivity contribution in [1.29, 1.82) is 0 Å². The second-order valence-electron chi connectivity index (χ2n) is 2.57. The van der Waals surface area contributed by atoms with Gasteiger partial charge in [-0.25, -0.2) is 0 Å². The molecule has 14 heavy (non-hydrogen) atoms. The van der Waals surface area contributed by atoms with Crippen LogP contribution >= 0.6 is 11.6 Å². The Morgan fingerprint density at radius 1 is 1.43 bits per heavy atom. The van der Waals surface area contributed by atoms with Gasteiger partial charge in [0.1, 0.15) is 0 Å². The van der Waals surface area contributed by atoms with Gasteiger partial charge in [-0.05, 0) is 6.42 Å². The summed E-state index contributed by atoms with van der Waals surface area (Å²) in [5.74, 6) is 0.771. The summed E-state index contributed by atoms with van der Waals surface area (Å²) in [4.78, 5) is 0. The van der Waals surface area contributed by atoms with Gasteiger partial charge in [0.15, 0.2) is 0 Å². The molecule has 0 aliphatic carbocycles. The normalized spacial score (nSPS) is 8.43. The monoisotopic (exact) mass is 286 g/mol. The van der Waals surface area contributed by atoms with Gasteiger partial charge in [0.05, 0.1) is 6.61 Å². The summed E-state index contributed by atoms with van der Waals surface area (Å²) >= 11 is 5.69. The van der Waals surface area contributed by atoms with Crippen LogP contribution in [0, 0.1) is 6.07 Å². The summed E-state index contributed by atoms with van der Waals surface area (Å²) in [6.07, 6.45) is 2.23. The Balaban J connectivity index is 0. The molecule has 0 bridgehead atoms. The average molecular weight is 288 g/mol. The third-order valence-electron chi connectivity index (χ3n) is 1.50. The maximum absolute atomic E-state index is 5.69. The minimum atomic E-state index is 0. The zero-order valence-electron chi connectivity index (χ0n) is 8.22. The van der Waals surface area contributed by atoms with E-state index in [1.54, 1.807) is 12.1 Å². The molecule has 0 spiro atoms. The molecule has 1 aromatic carbocycles. The first-order chi connectivity index (χ1) is 5.83. The number of ether oxygens (including phenoxy) is 1. The molecule has 1 aromatic rings. The van der Waals surface area contributed by atoms with Gasteiger partial charge in [-0.3, -0.25) is 0 Å². The Kier molecular flexibility index (Phi) is 12.2. The van der Waals surface area contributed by atoms with E-state index < -0.39 is 0 Å². The quantitative estimate of drug-likeness (QED) is 0.428. The van der Waals surface area contributed by atoms with E-state index in [4.69, 9.17) is 16.3 Å². The maximum Gasteiger partial charge on any atom is 2.00 e. The summed E-state index contributed by atoms with van der Waals surface area (Å²) in [6.45, 7) is 2.89. The Morgan fingerprint density at radius 2 is 2.14 bits per heavy atom. The first-order valence-electron chi connectivity index (χ1n) is 4.13. The minimum absolute atomic E-state index is 0. The molecule has 0 atom stereocenters. The van der Waals surface area contributed by atoms with Crippen molar-refractivity contribution < 1.29 is 21.7 Å². The van der Waals surface area contributed by atoms with Crippen molar-refractivity contribution in [3.63, 3.8) is 0 Å². The number of unbranched alkanes of at least 4 members (excludes halogenated alkanes) is 1. The third-order valence-corrected chi connectivity index (χ3v) is 1.74. The van der Waals surface area contributed by atoms with Gasteiger partial charge in [0.2, 0.25) is 0 Å². The van der Waals surface area contributed by atoms with Gasteiger partial charge in [-0.15, -0.1) is 12.1 Å². The second-order valence-corrected chi connectivity index (χ2v) is 3.01. The SMILES string of the molecule is CCCCOc1[c-]cc(Cl)cc1.[Br-].[Mg+2]. The van der Waals surface area contributed by atoms with E-state index in [0.29, 0.717) is 5.02 Å². The van der Waals surface area contributed by atoms with Crippen molar-refractivity contribution >= 4 is 34.7 Å². The number of benzene rings is 1. The number of halogens is 2. The number of hydrogen-bond donors (Lipinski definition) is 0. The van der Waals surface area contributed by atoms with Crippen molar-refractivity contribution in [1.82, 2.24) is 0 Å². The zero-order chi connectivity index (χ0) is 8.81. The van der Waals surface area contributed by atoms with Crippen LogP contribution in [0.5, 0.6) is 5.75 Å². The first kappa shape index (κ1) is 17.0. The van der Waals surface area contributed by atoms with E-state index in [2.05, 4.69) is 13.0 Å². The first-order valence-corrected chi connectivity index (χ1v) is 4.50. The zero-order valence-corrected chi connectivity index (χ0v) is 12.0. The van der Waals surface area contributed by atoms with Crippen LogP contribution in [0.4, 0.5) is 0 Å². The third kappa shape index (κ3) is 6.93. The Morgan fingerprint density at radius 3 is 2.64 bits per heavy atom. The Hall–Kier alpha value is 0.556. The van der Waals surface area contributed by atoms with Crippen molar-refractivity contribution in [2.24, 2.45) is 0 Å². The summed E-state index contributed by atoms with van der Waals surface area (Å²) in [5, 5.41) is 0.692. The van der Waals surface area contributed by atoms with Crippen molar-refractivity contribution in [2.45, 2.75) is 19.8 Å². The second kappa shape index (κ2) is 10.1. The molecule has 0 aliphatic heterocycles. The molecule has 74 valence electrons. The molecule has 1 nitrogen and oxygen atoms in total. The predicted molar refractivity (Wildman–Crippen MR) is 56.4 cm³/mol. The molecule has 0 amide bonds. The standard InChI is InChI=1S/C10H12ClO.BrH.Mg/c1-2-3-8-12-10-6-4-9(11)5-7-10;;/h4-6H,2-3,8H2,1H3;1H;/q-1;;+2/p-1. The van der Waals surface area contributed by atoms with Crippen LogP contribution in [0.2, 0.25) is 5.02 Å². The van der Waals surface area contributed by atoms with E-state index in [-0.39, 0.29) is 40.0 Å². The van der Waals surface area contributed by atoms with Gasteiger partial charge < -0.3 is 21.7 Å². The Bertz CT molecular complexity index is 228. The van der Waals surface area contributed by atoms with Crippen LogP contribution in [-0.2, 0) is 0 Å². The largest absolute Gasteiger partial charge is 2.00 e. The van der Waals surface area contributed by atoms with Gasteiger partial charge in [-0.2, -0.15) is 23.7 Å². The molecule has 4 heteroatoms. The van der Waals surface area contributed by atoms with Crippen molar-refractivity contribution in [3.05, 3.63) is 29.3 Å². The molecule has 0 aliphatic rings. The fraction of sp³-hybridized carbons (Fsp3) is 0.400. The van der Waals surface area contributed by atoms with Crippen LogP contribution in [0.25, 0.3) is 0 Å². The fourth-order valence-electron chi connectivity index (χ4n) is 0.808. The van der Waals surface area contributed by atoms with Crippen LogP contribution in [0.1, 0.15) is 19.8 Å². The fourth-order valence-corrected chi connectivity index (χ4v) is 0.925. The average Bonchev–Trinajstić information content (AvgIpc) is 2.09. The molecule has 0 unspecified atom stereocenters. The molecular formula is C10H12BrClMgO. The van der Waals surface area contributed by atoms with Gasteiger partial charge in [-0.1, -0.05) is 18.4 Å². The number of hydrogen-bond acceptors (Lipinski definition) is 1. The van der Waals surface area contributed by atoms with Gasteiger partial charge >= 0.3 is 23.1 Å². The number of rotatable bonds is 4. The van der Waals surface area contributed by atoms with Crippen LogP contribution < -0.4 is 21.7 Å². The molecule has 0 aromatic heterocycles. The topological polar surface area (TPSA) is 9.23 Å². The van der Waals surface area contributed by atoms with E-state index in [1.807, 2.05) is 6.07 Å². The van der Waals surface area contributed by atoms with Crippen LogP contribution in [0.15, 0.2) is 18.2 Å². The molecule has 0 fully saturated rings. The Labute approximate surface area is 117 Å². The summed E-state index contributed by atoms with van der Waals surface area (Å²) in [5.41, 5.74) is 0. The summed E-state index contributed by atoms with van der Waals surface area (Å²) in [6, 6.07) is 8.29. The van der Waals surface area contributed by atoms with Crippen molar-refractivity contribution in [3.8, 4) is 5.75 Å². The van der Waals surface area contributed by atoms with Gasteiger partial charge in [0.25, 0.3) is 0 Å². The van der Waals surface area contributed by atoms with Crippen LogP contribution in [-0.4, -0.2) is 29.7 Å². The van der Waals surface area contributed by atoms with E-state index in [9.17, 15) is 0 Å². The molecule has 0 saturated carbocycles. The molecular weight excluding hydrogens is 276 g/mol. The van der Waals surface area contributed by atoms with E-state index in [1.165, 1.54) is 0 Å². The maximum atomic E-state index is 5.69. The van der Waals surface area contributed by atoms with Crippen molar-refractivity contribution in [2.75, 3.05) is 6.61 Å². The molecule has 1 rings (SSSR count). The predicted octanol–water partition coefficient (Wildman–Crippen LogP) is -0.0577. The summed E-state index contributed by atoms with van der Waals surface area (Å²) in [7, 11) is 0. The minimum Gasteiger partial charge on any atom is -1.00 e. The molecule has 0 radical (unpaired) electrons. The molecule has 0 saturated heterocycles. The van der Waals surface area contributed by atoms with E-state index in [0.717, 1.165) is 25.2 Å². The van der Waals surface area contributed by atoms with Crippen LogP contribution in [0.3, 0.4) is 0 Å². The van der Waals surface area contributed by atoms with Gasteiger partial charge in [0, 0.05) is 5.75 Å². The molecule has 0 heterocycles.